The minimum atomic E-state index is -1.88. The summed E-state index contributed by atoms with van der Waals surface area (Å²) < 4.78 is 13.7. The van der Waals surface area contributed by atoms with E-state index in [1.807, 2.05) is 0 Å². The second kappa shape index (κ2) is 4.45. The number of carbonyl (C=O) groups excluding carboxylic acids is 1. The minimum Gasteiger partial charge on any atom is -0.380 e. The van der Waals surface area contributed by atoms with Crippen molar-refractivity contribution in [1.82, 2.24) is 0 Å². The highest BCUT2D eigenvalue weighted by atomic mass is 79.9. The molecule has 0 saturated heterocycles. The fourth-order valence-corrected chi connectivity index (χ4v) is 2.21. The van der Waals surface area contributed by atoms with Crippen LogP contribution >= 0.6 is 27.5 Å². The number of benzene rings is 1. The number of anilines is 1. The summed E-state index contributed by atoms with van der Waals surface area (Å²) in [5, 5.41) is 22.4. The van der Waals surface area contributed by atoms with E-state index in [1.54, 1.807) is 0 Å². The summed E-state index contributed by atoms with van der Waals surface area (Å²) >= 11 is 8.57. The van der Waals surface area contributed by atoms with Crippen molar-refractivity contribution in [2.75, 3.05) is 5.32 Å². The lowest BCUT2D eigenvalue weighted by Crippen LogP contribution is -2.43. The molecule has 0 bridgehead atoms. The van der Waals surface area contributed by atoms with E-state index in [0.29, 0.717) is 0 Å². The van der Waals surface area contributed by atoms with Gasteiger partial charge in [-0.15, -0.1) is 0 Å². The Hall–Kier alpha value is -1.25. The third kappa shape index (κ3) is 1.86. The molecule has 1 aromatic carbocycles. The van der Waals surface area contributed by atoms with Crippen molar-refractivity contribution in [2.24, 2.45) is 0 Å². The van der Waals surface area contributed by atoms with Gasteiger partial charge in [0.2, 0.25) is 0 Å². The average Bonchev–Trinajstić information content (AvgIpc) is 2.28. The van der Waals surface area contributed by atoms with Gasteiger partial charge >= 0.3 is 11.9 Å². The Morgan fingerprint density at radius 3 is 2.78 bits per heavy atom. The lowest BCUT2D eigenvalue weighted by atomic mass is 9.96. The number of amides is 1. The third-order valence-corrected chi connectivity index (χ3v) is 3.86. The predicted octanol–water partition coefficient (Wildman–Crippen LogP) is 1.87. The smallest absolute Gasteiger partial charge is 0.319 e. The van der Waals surface area contributed by atoms with E-state index in [2.05, 4.69) is 21.2 Å². The number of carbonyl (C=O) groups is 1. The number of fused-ring (bicyclic) bond motifs is 1. The summed E-state index contributed by atoms with van der Waals surface area (Å²) in [6.45, 7) is 0. The lowest BCUT2D eigenvalue weighted by Gasteiger charge is -2.25. The number of hydrogen-bond donors (Lipinski definition) is 2. The largest absolute Gasteiger partial charge is 0.380 e. The van der Waals surface area contributed by atoms with Gasteiger partial charge < -0.3 is 10.4 Å². The maximum atomic E-state index is 13.8. The number of rotatable bonds is 1. The highest BCUT2D eigenvalue weighted by Crippen LogP contribution is 2.40. The molecule has 2 N–H and O–H groups in total. The van der Waals surface area contributed by atoms with E-state index in [1.165, 1.54) is 6.07 Å². The molecule has 2 atom stereocenters. The quantitative estimate of drug-likeness (QED) is 0.464. The first-order valence-corrected chi connectivity index (χ1v) is 5.81. The standard InChI is InChI=1S/C9H5BrClFN2O4/c10-4-3(11)1-2-6(5(4)12)13-9(16)7(8(2)15)14(17)18/h1,7-8,15H,(H,13,16). The molecule has 0 aliphatic carbocycles. The van der Waals surface area contributed by atoms with Gasteiger partial charge in [0.25, 0.3) is 0 Å². The Morgan fingerprint density at radius 1 is 1.61 bits per heavy atom. The molecule has 0 fully saturated rings. The van der Waals surface area contributed by atoms with Gasteiger partial charge in [-0.05, 0) is 22.0 Å². The van der Waals surface area contributed by atoms with Crippen LogP contribution in [0.4, 0.5) is 10.1 Å². The van der Waals surface area contributed by atoms with Crippen LogP contribution in [0.25, 0.3) is 0 Å². The van der Waals surface area contributed by atoms with Crippen molar-refractivity contribution >= 4 is 39.1 Å². The third-order valence-electron chi connectivity index (χ3n) is 2.55. The second-order valence-corrected chi connectivity index (χ2v) is 4.82. The molecule has 18 heavy (non-hydrogen) atoms. The fraction of sp³-hybridized carbons (Fsp3) is 0.222. The Kier molecular flexibility index (Phi) is 3.26. The van der Waals surface area contributed by atoms with Crippen molar-refractivity contribution in [2.45, 2.75) is 12.1 Å². The van der Waals surface area contributed by atoms with Gasteiger partial charge in [0.05, 0.1) is 15.2 Å². The van der Waals surface area contributed by atoms with Crippen molar-refractivity contribution in [1.29, 1.82) is 0 Å². The van der Waals surface area contributed by atoms with Crippen LogP contribution in [0.15, 0.2) is 10.5 Å². The molecule has 0 aromatic heterocycles. The number of nitrogens with one attached hydrogen (secondary N) is 1. The zero-order valence-electron chi connectivity index (χ0n) is 8.49. The first-order valence-electron chi connectivity index (χ1n) is 4.64. The number of hydrogen-bond acceptors (Lipinski definition) is 4. The molecular weight excluding hydrogens is 334 g/mol. The Labute approximate surface area is 113 Å². The van der Waals surface area contributed by atoms with Crippen LogP contribution in [0, 0.1) is 15.9 Å². The highest BCUT2D eigenvalue weighted by molar-refractivity contribution is 9.10. The molecule has 1 aliphatic heterocycles. The number of aliphatic hydroxyl groups excluding tert-OH is 1. The SMILES string of the molecule is O=C1Nc2c(cc(Cl)c(Br)c2F)C(O)C1[N+](=O)[O-]. The molecule has 1 heterocycles. The maximum absolute atomic E-state index is 13.8. The van der Waals surface area contributed by atoms with E-state index in [0.717, 1.165) is 0 Å². The molecule has 2 rings (SSSR count). The molecule has 0 saturated carbocycles. The van der Waals surface area contributed by atoms with Gasteiger partial charge in [-0.25, -0.2) is 4.39 Å². The van der Waals surface area contributed by atoms with E-state index in [4.69, 9.17) is 11.6 Å². The average molecular weight is 340 g/mol. The van der Waals surface area contributed by atoms with Gasteiger partial charge in [0.15, 0.2) is 11.9 Å². The highest BCUT2D eigenvalue weighted by Gasteiger charge is 2.45. The molecule has 0 spiro atoms. The summed E-state index contributed by atoms with van der Waals surface area (Å²) in [7, 11) is 0. The number of halogens is 3. The second-order valence-electron chi connectivity index (χ2n) is 3.61. The van der Waals surface area contributed by atoms with E-state index in [9.17, 15) is 24.4 Å². The molecule has 1 aromatic rings. The summed E-state index contributed by atoms with van der Waals surface area (Å²) in [5.41, 5.74) is -0.427. The monoisotopic (exact) mass is 338 g/mol. The van der Waals surface area contributed by atoms with Crippen LogP contribution < -0.4 is 5.32 Å². The van der Waals surface area contributed by atoms with E-state index < -0.39 is 28.8 Å². The van der Waals surface area contributed by atoms with Crippen LogP contribution in [0.5, 0.6) is 0 Å². The molecule has 1 aliphatic rings. The normalized spacial score (nSPS) is 22.3. The summed E-state index contributed by atoms with van der Waals surface area (Å²) in [4.78, 5) is 21.2. The lowest BCUT2D eigenvalue weighted by molar-refractivity contribution is -0.520. The van der Waals surface area contributed by atoms with Crippen molar-refractivity contribution < 1.29 is 19.2 Å². The zero-order valence-corrected chi connectivity index (χ0v) is 10.8. The van der Waals surface area contributed by atoms with Gasteiger partial charge in [0.1, 0.15) is 0 Å². The molecule has 0 radical (unpaired) electrons. The van der Waals surface area contributed by atoms with E-state index >= 15 is 0 Å². The Morgan fingerprint density at radius 2 is 2.22 bits per heavy atom. The van der Waals surface area contributed by atoms with Gasteiger partial charge in [0, 0.05) is 10.5 Å². The molecule has 96 valence electrons. The first-order chi connectivity index (χ1) is 8.34. The fourth-order valence-electron chi connectivity index (χ4n) is 1.70. The summed E-state index contributed by atoms with van der Waals surface area (Å²) in [5.74, 6) is -1.96. The molecule has 6 nitrogen and oxygen atoms in total. The van der Waals surface area contributed by atoms with Crippen LogP contribution in [0.2, 0.25) is 5.02 Å². The molecular formula is C9H5BrClFN2O4. The Bertz CT molecular complexity index is 568. The van der Waals surface area contributed by atoms with Crippen molar-refractivity contribution in [3.63, 3.8) is 0 Å². The first kappa shape index (κ1) is 13.2. The summed E-state index contributed by atoms with van der Waals surface area (Å²) in [6, 6.07) is -0.709. The van der Waals surface area contributed by atoms with Crippen LogP contribution in [-0.2, 0) is 4.79 Å². The number of aliphatic hydroxyl groups is 1. The number of nitrogens with zero attached hydrogens (tertiary/aromatic N) is 1. The molecule has 1 amide bonds. The summed E-state index contributed by atoms with van der Waals surface area (Å²) in [6.07, 6.45) is -1.75. The maximum Gasteiger partial charge on any atom is 0.319 e. The van der Waals surface area contributed by atoms with Gasteiger partial charge in [-0.1, -0.05) is 11.6 Å². The minimum absolute atomic E-state index is 0.0523. The van der Waals surface area contributed by atoms with Crippen LogP contribution in [0.3, 0.4) is 0 Å². The molecule has 9 heteroatoms. The van der Waals surface area contributed by atoms with Gasteiger partial charge in [-0.3, -0.25) is 14.9 Å². The van der Waals surface area contributed by atoms with E-state index in [-0.39, 0.29) is 20.7 Å². The molecule has 2 unspecified atom stereocenters. The number of nitro groups is 1. The van der Waals surface area contributed by atoms with Crippen molar-refractivity contribution in [3.05, 3.63) is 37.1 Å². The predicted molar refractivity (Wildman–Crippen MR) is 63.5 cm³/mol. The zero-order chi connectivity index (χ0) is 13.6. The van der Waals surface area contributed by atoms with Crippen LogP contribution in [0.1, 0.15) is 11.7 Å². The topological polar surface area (TPSA) is 92.5 Å². The van der Waals surface area contributed by atoms with Crippen LogP contribution in [-0.4, -0.2) is 22.0 Å². The van der Waals surface area contributed by atoms with Gasteiger partial charge in [-0.2, -0.15) is 0 Å². The van der Waals surface area contributed by atoms with Crippen molar-refractivity contribution in [3.8, 4) is 0 Å². The Balaban J connectivity index is 2.63.